The molecule has 2 bridgehead atoms. The van der Waals surface area contributed by atoms with Gasteiger partial charge in [-0.05, 0) is 23.8 Å². The number of furan rings is 1. The van der Waals surface area contributed by atoms with Crippen molar-refractivity contribution in [3.63, 3.8) is 0 Å². The normalized spacial score (nSPS) is 43.0. The molecule has 1 spiro atoms. The Balaban J connectivity index is 1.77. The zero-order chi connectivity index (χ0) is 30.3. The Hall–Kier alpha value is -2.72. The highest BCUT2D eigenvalue weighted by Crippen LogP contribution is 2.71. The minimum absolute atomic E-state index is 0.0791. The monoisotopic (exact) mass is 574 g/mol. The van der Waals surface area contributed by atoms with Crippen LogP contribution in [0.1, 0.15) is 79.4 Å². The number of aliphatic hydroxyl groups is 1. The van der Waals surface area contributed by atoms with Crippen LogP contribution in [0.4, 0.5) is 0 Å². The molecule has 0 radical (unpaired) electrons. The summed E-state index contributed by atoms with van der Waals surface area (Å²) in [7, 11) is 1.30. The molecule has 5 fully saturated rings. The summed E-state index contributed by atoms with van der Waals surface area (Å²) >= 11 is 0. The summed E-state index contributed by atoms with van der Waals surface area (Å²) in [6.07, 6.45) is -1.08. The fraction of sp³-hybridized carbons (Fsp3) is 0.742. The second-order valence-electron chi connectivity index (χ2n) is 13.9. The van der Waals surface area contributed by atoms with Crippen molar-refractivity contribution >= 4 is 23.7 Å². The number of esters is 3. The Morgan fingerprint density at radius 2 is 1.85 bits per heavy atom. The van der Waals surface area contributed by atoms with E-state index in [9.17, 15) is 24.3 Å². The molecule has 226 valence electrons. The first-order valence-electron chi connectivity index (χ1n) is 14.4. The molecule has 0 unspecified atom stereocenters. The maximum Gasteiger partial charge on any atom is 0.309 e. The Labute approximate surface area is 240 Å². The topological polar surface area (TPSA) is 139 Å². The first-order chi connectivity index (χ1) is 19.1. The number of hydrogen-bond acceptors (Lipinski definition) is 10. The van der Waals surface area contributed by atoms with Gasteiger partial charge in [0.1, 0.15) is 18.0 Å². The number of cyclic esters (lactones) is 1. The molecule has 3 aliphatic heterocycles. The van der Waals surface area contributed by atoms with Crippen molar-refractivity contribution in [3.05, 3.63) is 24.2 Å². The Morgan fingerprint density at radius 3 is 2.44 bits per heavy atom. The van der Waals surface area contributed by atoms with E-state index in [1.165, 1.54) is 19.6 Å². The van der Waals surface area contributed by atoms with E-state index in [1.807, 2.05) is 27.7 Å². The van der Waals surface area contributed by atoms with Gasteiger partial charge in [0.25, 0.3) is 0 Å². The van der Waals surface area contributed by atoms with Gasteiger partial charge in [0.15, 0.2) is 6.10 Å². The number of carbonyl (C=O) groups is 4. The van der Waals surface area contributed by atoms with E-state index in [1.54, 1.807) is 26.8 Å². The van der Waals surface area contributed by atoms with Gasteiger partial charge < -0.3 is 28.5 Å². The SMILES string of the molecule is COC(=O)C[C@H]1C(C)(C)[C@@H](O)[C@H](OC(=O)C(C)C)[C@@H]2O[C@]34CC(=O)O[C@@H](c5ccoc5)[C@]3(C)C[C@@H](C(=O)[C@@H]4C)[C@@]21C. The maximum absolute atomic E-state index is 14.5. The van der Waals surface area contributed by atoms with E-state index < -0.39 is 87.8 Å². The van der Waals surface area contributed by atoms with Crippen LogP contribution in [0.2, 0.25) is 0 Å². The van der Waals surface area contributed by atoms with Crippen LogP contribution in [0.5, 0.6) is 0 Å². The zero-order valence-electron chi connectivity index (χ0n) is 25.1. The predicted molar refractivity (Wildman–Crippen MR) is 143 cm³/mol. The van der Waals surface area contributed by atoms with Crippen LogP contribution in [0.25, 0.3) is 0 Å². The van der Waals surface area contributed by atoms with Crippen molar-refractivity contribution in [3.8, 4) is 0 Å². The van der Waals surface area contributed by atoms with Crippen molar-refractivity contribution in [1.29, 1.82) is 0 Å². The summed E-state index contributed by atoms with van der Waals surface area (Å²) in [5, 5.41) is 11.9. The van der Waals surface area contributed by atoms with Crippen LogP contribution in [-0.4, -0.2) is 59.8 Å². The third-order valence-electron chi connectivity index (χ3n) is 11.2. The number of hydrogen-bond donors (Lipinski definition) is 1. The molecule has 6 rings (SSSR count). The molecular weight excluding hydrogens is 532 g/mol. The van der Waals surface area contributed by atoms with Crippen LogP contribution >= 0.6 is 0 Å². The van der Waals surface area contributed by atoms with Crippen molar-refractivity contribution in [2.45, 2.75) is 97.7 Å². The maximum atomic E-state index is 14.5. The van der Waals surface area contributed by atoms with Gasteiger partial charge in [0, 0.05) is 34.7 Å². The number of ether oxygens (including phenoxy) is 4. The molecule has 2 aliphatic carbocycles. The lowest BCUT2D eigenvalue weighted by Gasteiger charge is -2.60. The minimum atomic E-state index is -1.33. The number of carbonyl (C=O) groups excluding carboxylic acids is 4. The molecule has 10 nitrogen and oxygen atoms in total. The second kappa shape index (κ2) is 9.66. The van der Waals surface area contributed by atoms with Crippen LogP contribution in [0.3, 0.4) is 0 Å². The smallest absolute Gasteiger partial charge is 0.309 e. The molecule has 10 heteroatoms. The zero-order valence-corrected chi connectivity index (χ0v) is 25.1. The van der Waals surface area contributed by atoms with Gasteiger partial charge in [0.05, 0.1) is 43.7 Å². The molecule has 2 saturated carbocycles. The summed E-state index contributed by atoms with van der Waals surface area (Å²) in [6, 6.07) is 1.74. The summed E-state index contributed by atoms with van der Waals surface area (Å²) in [5.41, 5.74) is -3.65. The molecule has 0 amide bonds. The first kappa shape index (κ1) is 29.8. The van der Waals surface area contributed by atoms with Crippen molar-refractivity contribution < 1.29 is 47.6 Å². The molecule has 41 heavy (non-hydrogen) atoms. The third-order valence-corrected chi connectivity index (χ3v) is 11.2. The second-order valence-corrected chi connectivity index (χ2v) is 13.9. The Kier molecular flexibility index (Phi) is 7.01. The van der Waals surface area contributed by atoms with Crippen molar-refractivity contribution in [2.24, 2.45) is 39.9 Å². The average molecular weight is 575 g/mol. The summed E-state index contributed by atoms with van der Waals surface area (Å²) in [5.74, 6) is -4.07. The number of methoxy groups -OCH3 is 1. The fourth-order valence-electron chi connectivity index (χ4n) is 8.73. The van der Waals surface area contributed by atoms with E-state index in [0.29, 0.717) is 12.0 Å². The summed E-state index contributed by atoms with van der Waals surface area (Å²) in [6.45, 7) is 12.7. The van der Waals surface area contributed by atoms with Crippen molar-refractivity contribution in [1.82, 2.24) is 0 Å². The Morgan fingerprint density at radius 1 is 1.17 bits per heavy atom. The molecule has 1 N–H and O–H groups in total. The van der Waals surface area contributed by atoms with Crippen LogP contribution < -0.4 is 0 Å². The molecule has 5 aliphatic rings. The quantitative estimate of drug-likeness (QED) is 0.408. The first-order valence-corrected chi connectivity index (χ1v) is 14.4. The van der Waals surface area contributed by atoms with Gasteiger partial charge in [-0.25, -0.2) is 0 Å². The highest BCUT2D eigenvalue weighted by Gasteiger charge is 2.77. The molecular formula is C31H42O10. The highest BCUT2D eigenvalue weighted by atomic mass is 16.6. The average Bonchev–Trinajstić information content (AvgIpc) is 3.41. The van der Waals surface area contributed by atoms with Crippen LogP contribution in [-0.2, 0) is 38.1 Å². The molecule has 0 aromatic carbocycles. The van der Waals surface area contributed by atoms with Gasteiger partial charge in [0.2, 0.25) is 0 Å². The number of ketones is 1. The number of Topliss-reactive ketones (excluding diaryl/α,β-unsaturated/α-hetero) is 1. The van der Waals surface area contributed by atoms with Gasteiger partial charge in [-0.15, -0.1) is 0 Å². The van der Waals surface area contributed by atoms with Gasteiger partial charge in [-0.1, -0.05) is 48.5 Å². The lowest BCUT2D eigenvalue weighted by molar-refractivity contribution is -0.296. The molecule has 1 aromatic rings. The molecule has 1 aromatic heterocycles. The third kappa shape index (κ3) is 3.96. The van der Waals surface area contributed by atoms with Crippen molar-refractivity contribution in [2.75, 3.05) is 7.11 Å². The van der Waals surface area contributed by atoms with E-state index >= 15 is 0 Å². The lowest BCUT2D eigenvalue weighted by Crippen LogP contribution is -2.68. The standard InChI is InChI=1S/C31H42O10/c1-15(2)27(36)40-23-24(35)28(4,5)19(11-20(32)37-8)30(7)18-12-29(6)25(17-9-10-38-14-17)39-21(33)13-31(29,41-26(23)30)16(3)22(18)34/h9-10,14-16,18-19,23-26,35H,11-13H2,1-8H3/t16-,18-,19-,23-,24-,25-,26-,29-,30+,31-/m0/s1. The van der Waals surface area contributed by atoms with Crippen LogP contribution in [0.15, 0.2) is 23.0 Å². The fourth-order valence-corrected chi connectivity index (χ4v) is 8.73. The summed E-state index contributed by atoms with van der Waals surface area (Å²) < 4.78 is 29.6. The number of rotatable bonds is 5. The van der Waals surface area contributed by atoms with Gasteiger partial charge in [-0.2, -0.15) is 0 Å². The minimum Gasteiger partial charge on any atom is -0.472 e. The molecule has 3 saturated heterocycles. The summed E-state index contributed by atoms with van der Waals surface area (Å²) in [4.78, 5) is 53.6. The molecule has 10 atom stereocenters. The van der Waals surface area contributed by atoms with E-state index in [-0.39, 0.29) is 18.6 Å². The van der Waals surface area contributed by atoms with Gasteiger partial charge >= 0.3 is 17.9 Å². The van der Waals surface area contributed by atoms with E-state index in [4.69, 9.17) is 23.4 Å². The largest absolute Gasteiger partial charge is 0.472 e. The number of aliphatic hydroxyl groups excluding tert-OH is 1. The van der Waals surface area contributed by atoms with Gasteiger partial charge in [-0.3, -0.25) is 19.2 Å². The van der Waals surface area contributed by atoms with Crippen LogP contribution in [0, 0.1) is 39.9 Å². The Bertz CT molecular complexity index is 1240. The van der Waals surface area contributed by atoms with E-state index in [0.717, 1.165) is 0 Å². The molecule has 4 heterocycles. The van der Waals surface area contributed by atoms with E-state index in [2.05, 4.69) is 0 Å². The number of fused-ring (bicyclic) bond motifs is 1. The predicted octanol–water partition coefficient (Wildman–Crippen LogP) is 3.79. The highest BCUT2D eigenvalue weighted by molar-refractivity contribution is 5.89. The lowest BCUT2D eigenvalue weighted by atomic mass is 9.44.